The van der Waals surface area contributed by atoms with E-state index < -0.39 is 6.43 Å². The molecule has 0 amide bonds. The van der Waals surface area contributed by atoms with Crippen LogP contribution in [0.5, 0.6) is 11.5 Å². The Bertz CT molecular complexity index is 1070. The minimum atomic E-state index is -2.64. The number of hydrogen-bond donors (Lipinski definition) is 0. The SMILES string of the molecule is CCN(CC)c1ccc(C(F)F)c2nc(-c3c(OC)cc(COC)cc3OC)c(C)cc12. The summed E-state index contributed by atoms with van der Waals surface area (Å²) in [6.07, 6.45) is -2.64. The van der Waals surface area contributed by atoms with Crippen molar-refractivity contribution in [2.45, 2.75) is 33.8 Å². The lowest BCUT2D eigenvalue weighted by atomic mass is 9.98. The lowest BCUT2D eigenvalue weighted by Crippen LogP contribution is -2.22. The van der Waals surface area contributed by atoms with Crippen molar-refractivity contribution >= 4 is 16.6 Å². The van der Waals surface area contributed by atoms with E-state index in [2.05, 4.69) is 4.90 Å². The Morgan fingerprint density at radius 3 is 2.09 bits per heavy atom. The van der Waals surface area contributed by atoms with Gasteiger partial charge < -0.3 is 19.1 Å². The molecule has 5 nitrogen and oxygen atoms in total. The molecule has 0 fully saturated rings. The quantitative estimate of drug-likeness (QED) is 0.396. The summed E-state index contributed by atoms with van der Waals surface area (Å²) in [5, 5.41) is 0.710. The zero-order valence-corrected chi connectivity index (χ0v) is 19.5. The molecule has 1 heterocycles. The van der Waals surface area contributed by atoms with E-state index in [-0.39, 0.29) is 11.1 Å². The topological polar surface area (TPSA) is 43.8 Å². The van der Waals surface area contributed by atoms with Gasteiger partial charge in [0, 0.05) is 36.8 Å². The van der Waals surface area contributed by atoms with Gasteiger partial charge in [-0.1, -0.05) is 0 Å². The molecule has 0 aliphatic rings. The van der Waals surface area contributed by atoms with Gasteiger partial charge in [0.2, 0.25) is 0 Å². The van der Waals surface area contributed by atoms with Crippen LogP contribution < -0.4 is 14.4 Å². The van der Waals surface area contributed by atoms with Crippen LogP contribution in [-0.4, -0.2) is 39.4 Å². The van der Waals surface area contributed by atoms with Crippen LogP contribution in [0.1, 0.15) is 37.0 Å². The molecule has 172 valence electrons. The molecule has 7 heteroatoms. The second-order valence-electron chi connectivity index (χ2n) is 7.51. The smallest absolute Gasteiger partial charge is 0.265 e. The number of alkyl halides is 2. The molecule has 3 rings (SSSR count). The Hall–Kier alpha value is -2.93. The number of fused-ring (bicyclic) bond motifs is 1. The number of aromatic nitrogens is 1. The van der Waals surface area contributed by atoms with Crippen molar-refractivity contribution in [2.24, 2.45) is 0 Å². The number of anilines is 1. The van der Waals surface area contributed by atoms with Crippen molar-refractivity contribution in [3.05, 3.63) is 47.0 Å². The van der Waals surface area contributed by atoms with E-state index in [9.17, 15) is 8.78 Å². The number of ether oxygens (including phenoxy) is 3. The Labute approximate surface area is 187 Å². The van der Waals surface area contributed by atoms with Gasteiger partial charge in [0.25, 0.3) is 6.43 Å². The summed E-state index contributed by atoms with van der Waals surface area (Å²) in [5.41, 5.74) is 3.98. The maximum Gasteiger partial charge on any atom is 0.265 e. The predicted molar refractivity (Wildman–Crippen MR) is 124 cm³/mol. The molecule has 0 aliphatic heterocycles. The summed E-state index contributed by atoms with van der Waals surface area (Å²) in [7, 11) is 4.74. The summed E-state index contributed by atoms with van der Waals surface area (Å²) in [5.74, 6) is 1.09. The van der Waals surface area contributed by atoms with Crippen LogP contribution in [0.3, 0.4) is 0 Å². The second kappa shape index (κ2) is 10.1. The third-order valence-corrected chi connectivity index (χ3v) is 5.64. The van der Waals surface area contributed by atoms with Gasteiger partial charge in [-0.3, -0.25) is 0 Å². The first-order valence-electron chi connectivity index (χ1n) is 10.6. The van der Waals surface area contributed by atoms with Gasteiger partial charge >= 0.3 is 0 Å². The molecule has 0 atom stereocenters. The average Bonchev–Trinajstić information content (AvgIpc) is 2.79. The number of aryl methyl sites for hydroxylation is 1. The molecular formula is C25H30F2N2O3. The zero-order valence-electron chi connectivity index (χ0n) is 19.5. The number of benzene rings is 2. The third kappa shape index (κ3) is 4.35. The molecule has 0 aliphatic carbocycles. The van der Waals surface area contributed by atoms with Crippen molar-refractivity contribution in [3.8, 4) is 22.8 Å². The van der Waals surface area contributed by atoms with Gasteiger partial charge in [-0.25, -0.2) is 13.8 Å². The Morgan fingerprint density at radius 2 is 1.59 bits per heavy atom. The van der Waals surface area contributed by atoms with Gasteiger partial charge in [0.1, 0.15) is 11.5 Å². The van der Waals surface area contributed by atoms with E-state index in [1.807, 2.05) is 39.0 Å². The summed E-state index contributed by atoms with van der Waals surface area (Å²) in [6.45, 7) is 7.93. The van der Waals surface area contributed by atoms with E-state index in [0.717, 1.165) is 29.9 Å². The van der Waals surface area contributed by atoms with Crippen LogP contribution in [0.2, 0.25) is 0 Å². The molecule has 2 aromatic carbocycles. The van der Waals surface area contributed by atoms with Crippen molar-refractivity contribution in [3.63, 3.8) is 0 Å². The molecule has 0 spiro atoms. The van der Waals surface area contributed by atoms with E-state index in [1.54, 1.807) is 27.4 Å². The van der Waals surface area contributed by atoms with Crippen LogP contribution in [0.4, 0.5) is 14.5 Å². The maximum atomic E-state index is 13.9. The fraction of sp³-hybridized carbons (Fsp3) is 0.400. The maximum absolute atomic E-state index is 13.9. The number of rotatable bonds is 9. The molecule has 3 aromatic rings. The first kappa shape index (κ1) is 23.7. The highest BCUT2D eigenvalue weighted by atomic mass is 19.3. The minimum absolute atomic E-state index is 0.0916. The highest BCUT2D eigenvalue weighted by Crippen LogP contribution is 2.43. The predicted octanol–water partition coefficient (Wildman–Crippen LogP) is 6.16. The summed E-state index contributed by atoms with van der Waals surface area (Å²) < 4.78 is 44.4. The summed E-state index contributed by atoms with van der Waals surface area (Å²) in [4.78, 5) is 6.91. The minimum Gasteiger partial charge on any atom is -0.496 e. The van der Waals surface area contributed by atoms with Gasteiger partial charge in [0.05, 0.1) is 37.6 Å². The number of pyridine rings is 1. The van der Waals surface area contributed by atoms with E-state index in [4.69, 9.17) is 19.2 Å². The molecule has 0 unspecified atom stereocenters. The van der Waals surface area contributed by atoms with Crippen LogP contribution in [0.15, 0.2) is 30.3 Å². The number of halogens is 2. The Morgan fingerprint density at radius 1 is 0.969 bits per heavy atom. The monoisotopic (exact) mass is 444 g/mol. The highest BCUT2D eigenvalue weighted by Gasteiger charge is 2.23. The van der Waals surface area contributed by atoms with Crippen LogP contribution in [-0.2, 0) is 11.3 Å². The average molecular weight is 445 g/mol. The lowest BCUT2D eigenvalue weighted by Gasteiger charge is -2.24. The van der Waals surface area contributed by atoms with E-state index in [1.165, 1.54) is 6.07 Å². The van der Waals surface area contributed by atoms with Crippen molar-refractivity contribution in [1.82, 2.24) is 4.98 Å². The Balaban J connectivity index is 2.36. The lowest BCUT2D eigenvalue weighted by molar-refractivity contribution is 0.153. The largest absolute Gasteiger partial charge is 0.496 e. The molecule has 0 saturated carbocycles. The normalized spacial score (nSPS) is 11.3. The van der Waals surface area contributed by atoms with Crippen LogP contribution >= 0.6 is 0 Å². The van der Waals surface area contributed by atoms with Gasteiger partial charge in [0.15, 0.2) is 0 Å². The van der Waals surface area contributed by atoms with Crippen molar-refractivity contribution in [2.75, 3.05) is 39.3 Å². The van der Waals surface area contributed by atoms with Crippen LogP contribution in [0.25, 0.3) is 22.2 Å². The zero-order chi connectivity index (χ0) is 23.4. The molecular weight excluding hydrogens is 414 g/mol. The molecule has 32 heavy (non-hydrogen) atoms. The van der Waals surface area contributed by atoms with E-state index >= 15 is 0 Å². The summed E-state index contributed by atoms with van der Waals surface area (Å²) >= 11 is 0. The van der Waals surface area contributed by atoms with E-state index in [0.29, 0.717) is 34.7 Å². The van der Waals surface area contributed by atoms with Crippen molar-refractivity contribution < 1.29 is 23.0 Å². The molecule has 0 saturated heterocycles. The number of nitrogens with zero attached hydrogens (tertiary/aromatic N) is 2. The first-order chi connectivity index (χ1) is 15.4. The molecule has 0 bridgehead atoms. The first-order valence-corrected chi connectivity index (χ1v) is 10.6. The standard InChI is InChI=1S/C25H30F2N2O3/c1-7-29(8-2)19-10-9-17(25(26)27)24-18(19)11-15(3)23(28-24)22-20(31-5)12-16(14-30-4)13-21(22)32-6/h9-13,25H,7-8,14H2,1-6H3. The van der Waals surface area contributed by atoms with Crippen molar-refractivity contribution in [1.29, 1.82) is 0 Å². The highest BCUT2D eigenvalue weighted by molar-refractivity contribution is 5.97. The fourth-order valence-corrected chi connectivity index (χ4v) is 4.08. The number of hydrogen-bond acceptors (Lipinski definition) is 5. The third-order valence-electron chi connectivity index (χ3n) is 5.64. The molecule has 0 radical (unpaired) electrons. The fourth-order valence-electron chi connectivity index (χ4n) is 4.08. The number of methoxy groups -OCH3 is 3. The second-order valence-corrected chi connectivity index (χ2v) is 7.51. The molecule has 0 N–H and O–H groups in total. The molecule has 1 aromatic heterocycles. The van der Waals surface area contributed by atoms with Gasteiger partial charge in [-0.15, -0.1) is 0 Å². The summed E-state index contributed by atoms with van der Waals surface area (Å²) in [6, 6.07) is 8.88. The van der Waals surface area contributed by atoms with Gasteiger partial charge in [-0.05, 0) is 62.2 Å². The Kier molecular flexibility index (Phi) is 7.51. The van der Waals surface area contributed by atoms with Gasteiger partial charge in [-0.2, -0.15) is 0 Å². The van der Waals surface area contributed by atoms with Crippen LogP contribution in [0, 0.1) is 6.92 Å².